The summed E-state index contributed by atoms with van der Waals surface area (Å²) in [6, 6.07) is 0. The van der Waals surface area contributed by atoms with Crippen LogP contribution >= 0.6 is 23.1 Å². The Morgan fingerprint density at radius 3 is 2.86 bits per heavy atom. The average molecular weight is 325 g/mol. The number of rotatable bonds is 4. The van der Waals surface area contributed by atoms with Gasteiger partial charge in [-0.05, 0) is 37.0 Å². The number of amides is 1. The second-order valence-electron chi connectivity index (χ2n) is 5.54. The van der Waals surface area contributed by atoms with Crippen LogP contribution in [0.25, 0.3) is 0 Å². The van der Waals surface area contributed by atoms with Gasteiger partial charge in [0.1, 0.15) is 5.00 Å². The molecule has 1 aromatic rings. The number of hydrogen-bond donors (Lipinski definition) is 1. The lowest BCUT2D eigenvalue weighted by Gasteiger charge is -2.12. The standard InChI is InChI=1S/C15H19NO3S2/c1-3-19-15(18)12-9-4-5-20-7-11(9)21-14(12)16-13(17)10-6-8(10)2/h8,10H,3-7H2,1-2H3,(H,16,17). The molecule has 3 rings (SSSR count). The number of carbonyl (C=O) groups is 2. The molecule has 0 spiro atoms. The maximum absolute atomic E-state index is 12.3. The Balaban J connectivity index is 1.89. The van der Waals surface area contributed by atoms with Crippen molar-refractivity contribution in [2.75, 3.05) is 17.7 Å². The van der Waals surface area contributed by atoms with E-state index in [9.17, 15) is 9.59 Å². The number of hydrogen-bond acceptors (Lipinski definition) is 5. The van der Waals surface area contributed by atoms with Crippen molar-refractivity contribution in [2.24, 2.45) is 11.8 Å². The molecule has 1 aliphatic carbocycles. The summed E-state index contributed by atoms with van der Waals surface area (Å²) in [6.07, 6.45) is 1.82. The second kappa shape index (κ2) is 6.01. The van der Waals surface area contributed by atoms with Crippen LogP contribution in [0.5, 0.6) is 0 Å². The highest BCUT2D eigenvalue weighted by Gasteiger charge is 2.40. The monoisotopic (exact) mass is 325 g/mol. The van der Waals surface area contributed by atoms with Crippen molar-refractivity contribution in [1.29, 1.82) is 0 Å². The van der Waals surface area contributed by atoms with Gasteiger partial charge in [-0.3, -0.25) is 4.79 Å². The summed E-state index contributed by atoms with van der Waals surface area (Å²) in [7, 11) is 0. The third kappa shape index (κ3) is 2.97. The van der Waals surface area contributed by atoms with Gasteiger partial charge in [0, 0.05) is 16.5 Å². The van der Waals surface area contributed by atoms with E-state index in [4.69, 9.17) is 4.74 Å². The van der Waals surface area contributed by atoms with Crippen LogP contribution in [0, 0.1) is 11.8 Å². The number of nitrogens with one attached hydrogen (secondary N) is 1. The van der Waals surface area contributed by atoms with Gasteiger partial charge in [0.2, 0.25) is 5.91 Å². The normalized spacial score (nSPS) is 23.3. The summed E-state index contributed by atoms with van der Waals surface area (Å²) in [5, 5.41) is 3.65. The minimum atomic E-state index is -0.305. The summed E-state index contributed by atoms with van der Waals surface area (Å²) >= 11 is 3.41. The zero-order valence-electron chi connectivity index (χ0n) is 12.2. The molecule has 1 saturated carbocycles. The van der Waals surface area contributed by atoms with Gasteiger partial charge in [-0.25, -0.2) is 4.79 Å². The SMILES string of the molecule is CCOC(=O)c1c(NC(=O)C2CC2C)sc2c1CCSC2. The highest BCUT2D eigenvalue weighted by Crippen LogP contribution is 2.42. The predicted octanol–water partition coefficient (Wildman–Crippen LogP) is 3.31. The van der Waals surface area contributed by atoms with Gasteiger partial charge >= 0.3 is 5.97 Å². The smallest absolute Gasteiger partial charge is 0.341 e. The number of esters is 1. The quantitative estimate of drug-likeness (QED) is 0.863. The Bertz CT molecular complexity index is 582. The minimum absolute atomic E-state index is 0.0410. The van der Waals surface area contributed by atoms with Crippen LogP contribution in [-0.2, 0) is 21.7 Å². The molecule has 1 amide bonds. The molecule has 1 N–H and O–H groups in total. The molecule has 2 aliphatic rings. The van der Waals surface area contributed by atoms with Crippen molar-refractivity contribution in [2.45, 2.75) is 32.4 Å². The molecule has 1 aromatic heterocycles. The van der Waals surface area contributed by atoms with Crippen molar-refractivity contribution < 1.29 is 14.3 Å². The first kappa shape index (κ1) is 14.9. The molecule has 0 saturated heterocycles. The van der Waals surface area contributed by atoms with E-state index in [-0.39, 0.29) is 17.8 Å². The average Bonchev–Trinajstić information content (AvgIpc) is 3.08. The summed E-state index contributed by atoms with van der Waals surface area (Å²) in [4.78, 5) is 25.6. The fourth-order valence-electron chi connectivity index (χ4n) is 2.63. The van der Waals surface area contributed by atoms with Crippen molar-refractivity contribution in [3.05, 3.63) is 16.0 Å². The van der Waals surface area contributed by atoms with Crippen LogP contribution in [0.2, 0.25) is 0 Å². The lowest BCUT2D eigenvalue weighted by Crippen LogP contribution is -2.17. The summed E-state index contributed by atoms with van der Waals surface area (Å²) in [5.41, 5.74) is 1.68. The number of ether oxygens (including phenoxy) is 1. The number of anilines is 1. The lowest BCUT2D eigenvalue weighted by atomic mass is 10.1. The fraction of sp³-hybridized carbons (Fsp3) is 0.600. The molecule has 6 heteroatoms. The zero-order chi connectivity index (χ0) is 15.0. The third-order valence-corrected chi connectivity index (χ3v) is 6.30. The molecule has 0 aromatic carbocycles. The van der Waals surface area contributed by atoms with Gasteiger partial charge in [0.05, 0.1) is 12.2 Å². The lowest BCUT2D eigenvalue weighted by molar-refractivity contribution is -0.117. The second-order valence-corrected chi connectivity index (χ2v) is 7.75. The minimum Gasteiger partial charge on any atom is -0.462 e. The Morgan fingerprint density at radius 2 is 2.19 bits per heavy atom. The zero-order valence-corrected chi connectivity index (χ0v) is 13.9. The fourth-order valence-corrected chi connectivity index (χ4v) is 5.00. The van der Waals surface area contributed by atoms with Gasteiger partial charge in [0.25, 0.3) is 0 Å². The molecule has 2 atom stereocenters. The van der Waals surface area contributed by atoms with E-state index in [0.29, 0.717) is 23.1 Å². The Labute approximate surface area is 132 Å². The van der Waals surface area contributed by atoms with Crippen molar-refractivity contribution in [1.82, 2.24) is 0 Å². The number of thiophene rings is 1. The maximum Gasteiger partial charge on any atom is 0.341 e. The van der Waals surface area contributed by atoms with Crippen LogP contribution in [0.1, 0.15) is 41.1 Å². The molecule has 2 heterocycles. The molecule has 1 fully saturated rings. The van der Waals surface area contributed by atoms with E-state index in [0.717, 1.165) is 29.9 Å². The number of thioether (sulfide) groups is 1. The van der Waals surface area contributed by atoms with Crippen LogP contribution in [0.3, 0.4) is 0 Å². The van der Waals surface area contributed by atoms with E-state index < -0.39 is 0 Å². The van der Waals surface area contributed by atoms with Crippen LogP contribution in [-0.4, -0.2) is 24.2 Å². The molecule has 0 bridgehead atoms. The van der Waals surface area contributed by atoms with E-state index in [2.05, 4.69) is 12.2 Å². The Morgan fingerprint density at radius 1 is 1.43 bits per heavy atom. The first-order valence-corrected chi connectivity index (χ1v) is 9.29. The molecular weight excluding hydrogens is 306 g/mol. The van der Waals surface area contributed by atoms with Crippen molar-refractivity contribution in [3.63, 3.8) is 0 Å². The van der Waals surface area contributed by atoms with Crippen molar-refractivity contribution in [3.8, 4) is 0 Å². The molecule has 4 nitrogen and oxygen atoms in total. The molecule has 1 aliphatic heterocycles. The molecule has 21 heavy (non-hydrogen) atoms. The summed E-state index contributed by atoms with van der Waals surface area (Å²) in [6.45, 7) is 4.23. The molecule has 2 unspecified atom stereocenters. The number of fused-ring (bicyclic) bond motifs is 1. The highest BCUT2D eigenvalue weighted by molar-refractivity contribution is 7.98. The largest absolute Gasteiger partial charge is 0.462 e. The highest BCUT2D eigenvalue weighted by atomic mass is 32.2. The Kier molecular flexibility index (Phi) is 4.26. The van der Waals surface area contributed by atoms with Gasteiger partial charge in [-0.15, -0.1) is 11.3 Å². The third-order valence-electron chi connectivity index (χ3n) is 3.98. The summed E-state index contributed by atoms with van der Waals surface area (Å²) in [5.74, 6) is 2.24. The Hall–Kier alpha value is -1.01. The molecule has 114 valence electrons. The van der Waals surface area contributed by atoms with E-state index in [1.165, 1.54) is 16.2 Å². The van der Waals surface area contributed by atoms with Gasteiger partial charge in [-0.2, -0.15) is 11.8 Å². The summed E-state index contributed by atoms with van der Waals surface area (Å²) < 4.78 is 5.18. The molecular formula is C15H19NO3S2. The van der Waals surface area contributed by atoms with Gasteiger partial charge < -0.3 is 10.1 Å². The predicted molar refractivity (Wildman–Crippen MR) is 86.0 cm³/mol. The van der Waals surface area contributed by atoms with Crippen molar-refractivity contribution >= 4 is 40.0 Å². The van der Waals surface area contributed by atoms with E-state index in [1.54, 1.807) is 6.92 Å². The van der Waals surface area contributed by atoms with Crippen LogP contribution < -0.4 is 5.32 Å². The molecule has 0 radical (unpaired) electrons. The van der Waals surface area contributed by atoms with E-state index in [1.807, 2.05) is 11.8 Å². The maximum atomic E-state index is 12.3. The van der Waals surface area contributed by atoms with Crippen LogP contribution in [0.15, 0.2) is 0 Å². The first-order chi connectivity index (χ1) is 10.1. The van der Waals surface area contributed by atoms with E-state index >= 15 is 0 Å². The van der Waals surface area contributed by atoms with Crippen LogP contribution in [0.4, 0.5) is 5.00 Å². The first-order valence-electron chi connectivity index (χ1n) is 7.32. The van der Waals surface area contributed by atoms with Gasteiger partial charge in [0.15, 0.2) is 0 Å². The number of carbonyl (C=O) groups excluding carboxylic acids is 2. The topological polar surface area (TPSA) is 55.4 Å². The van der Waals surface area contributed by atoms with Gasteiger partial charge in [-0.1, -0.05) is 6.92 Å².